The lowest BCUT2D eigenvalue weighted by molar-refractivity contribution is -0.137. The highest BCUT2D eigenvalue weighted by Gasteiger charge is 2.28. The summed E-state index contributed by atoms with van der Waals surface area (Å²) in [5.41, 5.74) is 0.854. The third-order valence-corrected chi connectivity index (χ3v) is 5.35. The molecule has 1 aromatic rings. The Labute approximate surface area is 172 Å². The first-order valence-electron chi connectivity index (χ1n) is 9.83. The molecule has 0 spiro atoms. The first-order valence-corrected chi connectivity index (χ1v) is 9.83. The summed E-state index contributed by atoms with van der Waals surface area (Å²) in [5, 5.41) is 6.14. The molecule has 2 aliphatic rings. The maximum Gasteiger partial charge on any atom is 0.244 e. The second kappa shape index (κ2) is 10.7. The van der Waals surface area contributed by atoms with Crippen LogP contribution in [0.4, 0.5) is 4.39 Å². The number of rotatable bonds is 5. The van der Waals surface area contributed by atoms with E-state index in [0.717, 1.165) is 44.5 Å². The Morgan fingerprint density at radius 1 is 1.25 bits per heavy atom. The van der Waals surface area contributed by atoms with E-state index in [1.54, 1.807) is 13.0 Å². The summed E-state index contributed by atoms with van der Waals surface area (Å²) in [6.45, 7) is 5.64. The first-order chi connectivity index (χ1) is 13.0. The van der Waals surface area contributed by atoms with Crippen LogP contribution in [0.15, 0.2) is 24.3 Å². The number of hydrogen-bond donors (Lipinski definition) is 2. The molecule has 2 N–H and O–H groups in total. The number of hydrogen-bond acceptors (Lipinski definition) is 4. The summed E-state index contributed by atoms with van der Waals surface area (Å²) >= 11 is 0. The Hall–Kier alpha value is -1.70. The fourth-order valence-electron chi connectivity index (χ4n) is 3.90. The zero-order chi connectivity index (χ0) is 19.2. The molecule has 0 bridgehead atoms. The van der Waals surface area contributed by atoms with E-state index in [4.69, 9.17) is 0 Å². The lowest BCUT2D eigenvalue weighted by Crippen LogP contribution is -2.53. The van der Waals surface area contributed by atoms with Gasteiger partial charge in [0.05, 0.1) is 6.54 Å². The maximum atomic E-state index is 13.6. The number of carbonyl (C=O) groups excluding carboxylic acids is 2. The molecule has 2 unspecified atom stereocenters. The summed E-state index contributed by atoms with van der Waals surface area (Å²) in [7, 11) is 0. The average Bonchev–Trinajstić information content (AvgIpc) is 2.68. The molecule has 2 amide bonds. The minimum atomic E-state index is -0.522. The average molecular weight is 413 g/mol. The van der Waals surface area contributed by atoms with E-state index in [-0.39, 0.29) is 42.6 Å². The predicted molar refractivity (Wildman–Crippen MR) is 109 cm³/mol. The number of piperazine rings is 1. The molecule has 2 saturated heterocycles. The Balaban J connectivity index is 0.00000280. The Kier molecular flexibility index (Phi) is 8.66. The van der Waals surface area contributed by atoms with E-state index in [1.165, 1.54) is 12.1 Å². The van der Waals surface area contributed by atoms with Gasteiger partial charge >= 0.3 is 0 Å². The molecule has 0 aromatic heterocycles. The topological polar surface area (TPSA) is 64.7 Å². The fraction of sp³-hybridized carbons (Fsp3) is 0.600. The van der Waals surface area contributed by atoms with E-state index < -0.39 is 6.04 Å². The molecular formula is C20H30ClFN4O2. The maximum absolute atomic E-state index is 13.6. The van der Waals surface area contributed by atoms with Crippen LogP contribution in [0, 0.1) is 5.82 Å². The molecule has 2 atom stereocenters. The monoisotopic (exact) mass is 412 g/mol. The number of likely N-dealkylation sites (tertiary alicyclic amines) is 1. The van der Waals surface area contributed by atoms with Gasteiger partial charge in [0.15, 0.2) is 0 Å². The molecule has 0 aliphatic carbocycles. The summed E-state index contributed by atoms with van der Waals surface area (Å²) < 4.78 is 13.6. The van der Waals surface area contributed by atoms with Crippen molar-refractivity contribution in [3.05, 3.63) is 35.6 Å². The molecule has 156 valence electrons. The van der Waals surface area contributed by atoms with E-state index in [9.17, 15) is 14.0 Å². The van der Waals surface area contributed by atoms with Crippen LogP contribution in [0.1, 0.15) is 37.8 Å². The minimum Gasteiger partial charge on any atom is -0.343 e. The normalized spacial score (nSPS) is 21.5. The smallest absolute Gasteiger partial charge is 0.244 e. The molecule has 0 saturated carbocycles. The zero-order valence-corrected chi connectivity index (χ0v) is 17.1. The molecule has 2 heterocycles. The molecule has 1 aromatic carbocycles. The van der Waals surface area contributed by atoms with Gasteiger partial charge in [-0.25, -0.2) is 4.39 Å². The second-order valence-corrected chi connectivity index (χ2v) is 7.42. The van der Waals surface area contributed by atoms with Gasteiger partial charge in [-0.15, -0.1) is 12.4 Å². The predicted octanol–water partition coefficient (Wildman–Crippen LogP) is 1.71. The fourth-order valence-corrected chi connectivity index (χ4v) is 3.90. The Morgan fingerprint density at radius 3 is 2.71 bits per heavy atom. The van der Waals surface area contributed by atoms with Gasteiger partial charge in [0, 0.05) is 38.8 Å². The van der Waals surface area contributed by atoms with Gasteiger partial charge in [0.1, 0.15) is 11.9 Å². The molecule has 3 rings (SSSR count). The summed E-state index contributed by atoms with van der Waals surface area (Å²) in [6, 6.07) is 5.93. The van der Waals surface area contributed by atoms with Crippen LogP contribution in [0.3, 0.4) is 0 Å². The lowest BCUT2D eigenvalue weighted by atomic mass is 10.0. The van der Waals surface area contributed by atoms with Gasteiger partial charge in [0.25, 0.3) is 0 Å². The quantitative estimate of drug-likeness (QED) is 0.772. The van der Waals surface area contributed by atoms with Crippen molar-refractivity contribution >= 4 is 24.2 Å². The van der Waals surface area contributed by atoms with Crippen LogP contribution in [0.5, 0.6) is 0 Å². The van der Waals surface area contributed by atoms with Gasteiger partial charge < -0.3 is 15.5 Å². The second-order valence-electron chi connectivity index (χ2n) is 7.42. The SMILES string of the molecule is CC(NC(=O)CN1CCNCC1c1cccc(F)c1)C(=O)N1CCCCC1.Cl. The summed E-state index contributed by atoms with van der Waals surface area (Å²) in [4.78, 5) is 28.9. The van der Waals surface area contributed by atoms with Gasteiger partial charge in [-0.1, -0.05) is 12.1 Å². The molecule has 6 nitrogen and oxygen atoms in total. The Morgan fingerprint density at radius 2 is 2.00 bits per heavy atom. The molecule has 2 fully saturated rings. The van der Waals surface area contributed by atoms with Gasteiger partial charge in [-0.3, -0.25) is 14.5 Å². The van der Waals surface area contributed by atoms with Crippen molar-refractivity contribution in [1.29, 1.82) is 0 Å². The van der Waals surface area contributed by atoms with Crippen molar-refractivity contribution < 1.29 is 14.0 Å². The number of nitrogens with zero attached hydrogens (tertiary/aromatic N) is 2. The van der Waals surface area contributed by atoms with E-state index >= 15 is 0 Å². The van der Waals surface area contributed by atoms with Crippen LogP contribution >= 0.6 is 12.4 Å². The van der Waals surface area contributed by atoms with E-state index in [2.05, 4.69) is 10.6 Å². The lowest BCUT2D eigenvalue weighted by Gasteiger charge is -2.36. The van der Waals surface area contributed by atoms with E-state index in [0.29, 0.717) is 13.1 Å². The van der Waals surface area contributed by atoms with Gasteiger partial charge in [-0.2, -0.15) is 0 Å². The van der Waals surface area contributed by atoms with Crippen LogP contribution < -0.4 is 10.6 Å². The van der Waals surface area contributed by atoms with Crippen molar-refractivity contribution in [2.45, 2.75) is 38.3 Å². The highest BCUT2D eigenvalue weighted by Crippen LogP contribution is 2.22. The van der Waals surface area contributed by atoms with Crippen LogP contribution in [0.2, 0.25) is 0 Å². The van der Waals surface area contributed by atoms with Crippen molar-refractivity contribution in [2.24, 2.45) is 0 Å². The van der Waals surface area contributed by atoms with Gasteiger partial charge in [0.2, 0.25) is 11.8 Å². The minimum absolute atomic E-state index is 0. The molecule has 0 radical (unpaired) electrons. The highest BCUT2D eigenvalue weighted by atomic mass is 35.5. The van der Waals surface area contributed by atoms with Gasteiger partial charge in [-0.05, 0) is 43.9 Å². The van der Waals surface area contributed by atoms with Crippen molar-refractivity contribution in [2.75, 3.05) is 39.3 Å². The van der Waals surface area contributed by atoms with Crippen LogP contribution in [-0.4, -0.2) is 66.9 Å². The number of carbonyl (C=O) groups is 2. The molecular weight excluding hydrogens is 383 g/mol. The molecule has 28 heavy (non-hydrogen) atoms. The number of benzene rings is 1. The summed E-state index contributed by atoms with van der Waals surface area (Å²) in [5.74, 6) is -0.454. The molecule has 8 heteroatoms. The van der Waals surface area contributed by atoms with Crippen molar-refractivity contribution in [3.8, 4) is 0 Å². The standard InChI is InChI=1S/C20H29FN4O2.ClH/c1-15(20(27)24-9-3-2-4-10-24)23-19(26)14-25-11-8-22-13-18(25)16-6-5-7-17(21)12-16;/h5-7,12,15,18,22H,2-4,8-11,13-14H2,1H3,(H,23,26);1H. The molecule has 2 aliphatic heterocycles. The number of piperidine rings is 1. The zero-order valence-electron chi connectivity index (χ0n) is 16.3. The van der Waals surface area contributed by atoms with Crippen molar-refractivity contribution in [3.63, 3.8) is 0 Å². The number of halogens is 2. The van der Waals surface area contributed by atoms with Crippen molar-refractivity contribution in [1.82, 2.24) is 20.4 Å². The van der Waals surface area contributed by atoms with E-state index in [1.807, 2.05) is 15.9 Å². The van der Waals surface area contributed by atoms with Crippen LogP contribution in [0.25, 0.3) is 0 Å². The highest BCUT2D eigenvalue weighted by molar-refractivity contribution is 5.88. The summed E-state index contributed by atoms with van der Waals surface area (Å²) in [6.07, 6.45) is 3.22. The Bertz CT molecular complexity index is 669. The first kappa shape index (κ1) is 22.6. The third-order valence-electron chi connectivity index (χ3n) is 5.35. The number of amides is 2. The van der Waals surface area contributed by atoms with Crippen LogP contribution in [-0.2, 0) is 9.59 Å². The third kappa shape index (κ3) is 5.90. The largest absolute Gasteiger partial charge is 0.343 e. The number of nitrogens with one attached hydrogen (secondary N) is 2.